The summed E-state index contributed by atoms with van der Waals surface area (Å²) < 4.78 is 0. The van der Waals surface area contributed by atoms with E-state index in [0.717, 1.165) is 18.5 Å². The highest BCUT2D eigenvalue weighted by Gasteiger charge is 2.19. The Bertz CT molecular complexity index is 505. The van der Waals surface area contributed by atoms with E-state index in [4.69, 9.17) is 0 Å². The van der Waals surface area contributed by atoms with Crippen LogP contribution in [0.15, 0.2) is 24.3 Å². The summed E-state index contributed by atoms with van der Waals surface area (Å²) in [6.45, 7) is 4.08. The standard InChI is InChI=1S/C16H23N3O2.ClH/c1-12(17-2)10-18-16(21)14-7-5-13(6-8-14)11-19-9-3-4-15(19)20;/h5-8,12,17H,3-4,9-11H2,1-2H3,(H,18,21);1H. The molecule has 6 heteroatoms. The van der Waals surface area contributed by atoms with Crippen molar-refractivity contribution in [1.29, 1.82) is 0 Å². The summed E-state index contributed by atoms with van der Waals surface area (Å²) >= 11 is 0. The second-order valence-corrected chi connectivity index (χ2v) is 5.52. The number of carbonyl (C=O) groups excluding carboxylic acids is 2. The molecule has 1 atom stereocenters. The van der Waals surface area contributed by atoms with Crippen molar-refractivity contribution in [3.8, 4) is 0 Å². The number of halogens is 1. The van der Waals surface area contributed by atoms with Gasteiger partial charge in [0.25, 0.3) is 5.91 Å². The van der Waals surface area contributed by atoms with Gasteiger partial charge in [-0.3, -0.25) is 9.59 Å². The van der Waals surface area contributed by atoms with Gasteiger partial charge in [-0.05, 0) is 38.1 Å². The number of benzene rings is 1. The quantitative estimate of drug-likeness (QED) is 0.834. The number of nitrogens with zero attached hydrogens (tertiary/aromatic N) is 1. The van der Waals surface area contributed by atoms with Gasteiger partial charge < -0.3 is 15.5 Å². The molecule has 1 fully saturated rings. The SMILES string of the molecule is CNC(C)CNC(=O)c1ccc(CN2CCCC2=O)cc1.Cl. The number of hydrogen-bond acceptors (Lipinski definition) is 3. The molecule has 0 radical (unpaired) electrons. The maximum absolute atomic E-state index is 12.0. The van der Waals surface area contributed by atoms with Crippen LogP contribution in [0.2, 0.25) is 0 Å². The van der Waals surface area contributed by atoms with E-state index in [1.165, 1.54) is 0 Å². The summed E-state index contributed by atoms with van der Waals surface area (Å²) in [6.07, 6.45) is 1.60. The number of likely N-dealkylation sites (N-methyl/N-ethyl adjacent to an activating group) is 1. The lowest BCUT2D eigenvalue weighted by Crippen LogP contribution is -2.37. The normalized spacial score (nSPS) is 15.4. The predicted octanol–water partition coefficient (Wildman–Crippen LogP) is 1.57. The third kappa shape index (κ3) is 5.00. The minimum Gasteiger partial charge on any atom is -0.350 e. The first-order chi connectivity index (χ1) is 10.1. The first kappa shape index (κ1) is 18.5. The van der Waals surface area contributed by atoms with Crippen LogP contribution < -0.4 is 10.6 Å². The van der Waals surface area contributed by atoms with Gasteiger partial charge in [0.1, 0.15) is 0 Å². The smallest absolute Gasteiger partial charge is 0.251 e. The van der Waals surface area contributed by atoms with Crippen LogP contribution in [0.5, 0.6) is 0 Å². The number of carbonyl (C=O) groups is 2. The van der Waals surface area contributed by atoms with Crippen molar-refractivity contribution in [3.63, 3.8) is 0 Å². The Morgan fingerprint density at radius 3 is 2.55 bits per heavy atom. The maximum Gasteiger partial charge on any atom is 0.251 e. The molecule has 0 aromatic heterocycles. The van der Waals surface area contributed by atoms with Gasteiger partial charge in [-0.25, -0.2) is 0 Å². The zero-order valence-electron chi connectivity index (χ0n) is 13.1. The van der Waals surface area contributed by atoms with Crippen LogP contribution in [0.1, 0.15) is 35.7 Å². The molecule has 1 aromatic rings. The summed E-state index contributed by atoms with van der Waals surface area (Å²) in [7, 11) is 1.87. The highest BCUT2D eigenvalue weighted by molar-refractivity contribution is 5.94. The van der Waals surface area contributed by atoms with Crippen LogP contribution in [-0.2, 0) is 11.3 Å². The molecular weight excluding hydrogens is 302 g/mol. The average Bonchev–Trinajstić information content (AvgIpc) is 2.90. The van der Waals surface area contributed by atoms with Crippen molar-refractivity contribution in [2.24, 2.45) is 0 Å². The molecule has 1 aromatic carbocycles. The maximum atomic E-state index is 12.0. The fraction of sp³-hybridized carbons (Fsp3) is 0.500. The van der Waals surface area contributed by atoms with Gasteiger partial charge in [-0.1, -0.05) is 12.1 Å². The predicted molar refractivity (Wildman–Crippen MR) is 89.2 cm³/mol. The van der Waals surface area contributed by atoms with E-state index in [-0.39, 0.29) is 30.3 Å². The minimum atomic E-state index is -0.0686. The van der Waals surface area contributed by atoms with Crippen LogP contribution in [0, 0.1) is 0 Å². The molecule has 122 valence electrons. The highest BCUT2D eigenvalue weighted by Crippen LogP contribution is 2.14. The molecule has 0 bridgehead atoms. The zero-order chi connectivity index (χ0) is 15.2. The Labute approximate surface area is 137 Å². The van der Waals surface area contributed by atoms with Crippen molar-refractivity contribution in [2.45, 2.75) is 32.4 Å². The van der Waals surface area contributed by atoms with Crippen LogP contribution >= 0.6 is 12.4 Å². The lowest BCUT2D eigenvalue weighted by atomic mass is 10.1. The largest absolute Gasteiger partial charge is 0.350 e. The number of amides is 2. The summed E-state index contributed by atoms with van der Waals surface area (Å²) in [6, 6.07) is 7.71. The Morgan fingerprint density at radius 1 is 1.32 bits per heavy atom. The number of rotatable bonds is 6. The number of hydrogen-bond donors (Lipinski definition) is 2. The van der Waals surface area contributed by atoms with Crippen LogP contribution in [0.25, 0.3) is 0 Å². The molecule has 2 N–H and O–H groups in total. The van der Waals surface area contributed by atoms with Crippen LogP contribution in [-0.4, -0.2) is 42.9 Å². The van der Waals surface area contributed by atoms with Gasteiger partial charge in [-0.15, -0.1) is 12.4 Å². The van der Waals surface area contributed by atoms with Gasteiger partial charge in [-0.2, -0.15) is 0 Å². The van der Waals surface area contributed by atoms with Crippen molar-refractivity contribution in [1.82, 2.24) is 15.5 Å². The molecule has 0 aliphatic carbocycles. The topological polar surface area (TPSA) is 61.4 Å². The van der Waals surface area contributed by atoms with E-state index in [0.29, 0.717) is 25.1 Å². The molecule has 2 amide bonds. The summed E-state index contributed by atoms with van der Waals surface area (Å²) in [4.78, 5) is 25.4. The lowest BCUT2D eigenvalue weighted by molar-refractivity contribution is -0.128. The van der Waals surface area contributed by atoms with Crippen LogP contribution in [0.4, 0.5) is 0 Å². The first-order valence-corrected chi connectivity index (χ1v) is 7.42. The number of nitrogens with one attached hydrogen (secondary N) is 2. The van der Waals surface area contributed by atoms with E-state index >= 15 is 0 Å². The second-order valence-electron chi connectivity index (χ2n) is 5.52. The molecule has 0 saturated carbocycles. The van der Waals surface area contributed by atoms with Gasteiger partial charge in [0.2, 0.25) is 5.91 Å². The highest BCUT2D eigenvalue weighted by atomic mass is 35.5. The fourth-order valence-corrected chi connectivity index (χ4v) is 2.30. The van der Waals surface area contributed by atoms with E-state index in [9.17, 15) is 9.59 Å². The van der Waals surface area contributed by atoms with E-state index in [2.05, 4.69) is 10.6 Å². The van der Waals surface area contributed by atoms with Gasteiger partial charge in [0, 0.05) is 37.7 Å². The molecule has 2 rings (SSSR count). The Balaban J connectivity index is 0.00000242. The van der Waals surface area contributed by atoms with E-state index < -0.39 is 0 Å². The van der Waals surface area contributed by atoms with Crippen molar-refractivity contribution in [3.05, 3.63) is 35.4 Å². The zero-order valence-corrected chi connectivity index (χ0v) is 13.9. The van der Waals surface area contributed by atoms with Crippen LogP contribution in [0.3, 0.4) is 0 Å². The Kier molecular flexibility index (Phi) is 7.35. The van der Waals surface area contributed by atoms with Crippen molar-refractivity contribution in [2.75, 3.05) is 20.1 Å². The Morgan fingerprint density at radius 2 is 2.00 bits per heavy atom. The monoisotopic (exact) mass is 325 g/mol. The molecule has 1 heterocycles. The number of likely N-dealkylation sites (tertiary alicyclic amines) is 1. The lowest BCUT2D eigenvalue weighted by Gasteiger charge is -2.15. The second kappa shape index (κ2) is 8.76. The molecule has 1 unspecified atom stereocenters. The van der Waals surface area contributed by atoms with E-state index in [1.54, 1.807) is 0 Å². The minimum absolute atomic E-state index is 0. The van der Waals surface area contributed by atoms with Crippen molar-refractivity contribution < 1.29 is 9.59 Å². The molecule has 5 nitrogen and oxygen atoms in total. The van der Waals surface area contributed by atoms with E-state index in [1.807, 2.05) is 43.1 Å². The van der Waals surface area contributed by atoms with Gasteiger partial charge in [0.05, 0.1) is 0 Å². The molecule has 0 spiro atoms. The fourth-order valence-electron chi connectivity index (χ4n) is 2.30. The molecule has 1 aliphatic heterocycles. The van der Waals surface area contributed by atoms with Gasteiger partial charge in [0.15, 0.2) is 0 Å². The summed E-state index contributed by atoms with van der Waals surface area (Å²) in [5.74, 6) is 0.152. The summed E-state index contributed by atoms with van der Waals surface area (Å²) in [5, 5.41) is 5.96. The molecule has 22 heavy (non-hydrogen) atoms. The molecule has 1 aliphatic rings. The third-order valence-corrected chi connectivity index (χ3v) is 3.82. The summed E-state index contributed by atoms with van der Waals surface area (Å²) in [5.41, 5.74) is 1.71. The first-order valence-electron chi connectivity index (χ1n) is 7.42. The average molecular weight is 326 g/mol. The van der Waals surface area contributed by atoms with Crippen molar-refractivity contribution >= 4 is 24.2 Å². The van der Waals surface area contributed by atoms with Gasteiger partial charge >= 0.3 is 0 Å². The third-order valence-electron chi connectivity index (χ3n) is 3.82. The molecule has 1 saturated heterocycles. The Hall–Kier alpha value is -1.59. The molecular formula is C16H24ClN3O2.